The molecule has 1 atom stereocenters. The molecule has 1 unspecified atom stereocenters. The number of imidazole rings is 1. The molecule has 1 N–H and O–H groups in total. The first kappa shape index (κ1) is 11.8. The Morgan fingerprint density at radius 2 is 2.29 bits per heavy atom. The average molecular weight is 234 g/mol. The zero-order valence-corrected chi connectivity index (χ0v) is 9.68. The highest BCUT2D eigenvalue weighted by Crippen LogP contribution is 2.17. The van der Waals surface area contributed by atoms with Crippen LogP contribution in [0.4, 0.5) is 4.39 Å². The van der Waals surface area contributed by atoms with Gasteiger partial charge in [0.15, 0.2) is 0 Å². The van der Waals surface area contributed by atoms with Crippen LogP contribution in [-0.4, -0.2) is 14.7 Å². The van der Waals surface area contributed by atoms with Gasteiger partial charge < -0.3 is 9.67 Å². The van der Waals surface area contributed by atoms with Crippen molar-refractivity contribution < 1.29 is 9.50 Å². The van der Waals surface area contributed by atoms with E-state index in [1.54, 1.807) is 18.3 Å². The van der Waals surface area contributed by atoms with Gasteiger partial charge in [-0.05, 0) is 24.6 Å². The number of hydrogen-bond donors (Lipinski definition) is 1. The molecule has 0 amide bonds. The second-order valence-electron chi connectivity index (χ2n) is 3.92. The Balaban J connectivity index is 2.14. The standard InChI is InChI=1S/C13H15FN2O/c1-2-16-7-6-15-13(16)12(17)9-10-4-3-5-11(14)8-10/h3-8,12,17H,2,9H2,1H3. The van der Waals surface area contributed by atoms with Gasteiger partial charge in [-0.25, -0.2) is 9.37 Å². The van der Waals surface area contributed by atoms with Crippen molar-refractivity contribution in [2.24, 2.45) is 0 Å². The summed E-state index contributed by atoms with van der Waals surface area (Å²) in [6.07, 6.45) is 3.15. The molecule has 0 fully saturated rings. The average Bonchev–Trinajstić information content (AvgIpc) is 2.77. The minimum Gasteiger partial charge on any atom is -0.385 e. The number of halogens is 1. The van der Waals surface area contributed by atoms with E-state index < -0.39 is 6.10 Å². The van der Waals surface area contributed by atoms with Gasteiger partial charge in [-0.2, -0.15) is 0 Å². The number of aliphatic hydroxyl groups excluding tert-OH is 1. The highest BCUT2D eigenvalue weighted by atomic mass is 19.1. The van der Waals surface area contributed by atoms with Crippen LogP contribution in [0.1, 0.15) is 24.4 Å². The number of rotatable bonds is 4. The summed E-state index contributed by atoms with van der Waals surface area (Å²) in [4.78, 5) is 4.12. The monoisotopic (exact) mass is 234 g/mol. The third-order valence-corrected chi connectivity index (χ3v) is 2.70. The Labute approximate surface area is 99.5 Å². The second kappa shape index (κ2) is 5.10. The van der Waals surface area contributed by atoms with E-state index in [0.717, 1.165) is 12.1 Å². The summed E-state index contributed by atoms with van der Waals surface area (Å²) in [7, 11) is 0. The fourth-order valence-corrected chi connectivity index (χ4v) is 1.86. The van der Waals surface area contributed by atoms with Crippen LogP contribution >= 0.6 is 0 Å². The molecule has 1 aromatic carbocycles. The number of nitrogens with zero attached hydrogens (tertiary/aromatic N) is 2. The highest BCUT2D eigenvalue weighted by molar-refractivity contribution is 5.18. The Hall–Kier alpha value is -1.68. The van der Waals surface area contributed by atoms with E-state index in [1.165, 1.54) is 12.1 Å². The van der Waals surface area contributed by atoms with Crippen molar-refractivity contribution in [3.05, 3.63) is 53.9 Å². The van der Waals surface area contributed by atoms with Crippen LogP contribution in [0.5, 0.6) is 0 Å². The number of benzene rings is 1. The van der Waals surface area contributed by atoms with Crippen molar-refractivity contribution in [1.82, 2.24) is 9.55 Å². The van der Waals surface area contributed by atoms with E-state index in [4.69, 9.17) is 0 Å². The van der Waals surface area contributed by atoms with Gasteiger partial charge in [0.1, 0.15) is 17.7 Å². The number of aromatic nitrogens is 2. The predicted molar refractivity (Wildman–Crippen MR) is 63.0 cm³/mol. The normalized spacial score (nSPS) is 12.6. The molecule has 0 saturated carbocycles. The van der Waals surface area contributed by atoms with Crippen LogP contribution in [0.25, 0.3) is 0 Å². The summed E-state index contributed by atoms with van der Waals surface area (Å²) < 4.78 is 14.9. The van der Waals surface area contributed by atoms with Gasteiger partial charge >= 0.3 is 0 Å². The molecule has 1 heterocycles. The molecule has 0 aliphatic carbocycles. The first-order chi connectivity index (χ1) is 8.20. The quantitative estimate of drug-likeness (QED) is 0.881. The minimum atomic E-state index is -0.702. The van der Waals surface area contributed by atoms with Crippen LogP contribution in [0, 0.1) is 5.82 Å². The third kappa shape index (κ3) is 2.71. The zero-order chi connectivity index (χ0) is 12.3. The summed E-state index contributed by atoms with van der Waals surface area (Å²) in [5.41, 5.74) is 0.767. The molecule has 0 saturated heterocycles. The molecule has 90 valence electrons. The molecule has 0 radical (unpaired) electrons. The summed E-state index contributed by atoms with van der Waals surface area (Å²) in [5, 5.41) is 10.1. The van der Waals surface area contributed by atoms with E-state index in [-0.39, 0.29) is 5.82 Å². The van der Waals surface area contributed by atoms with Crippen LogP contribution in [0.15, 0.2) is 36.7 Å². The lowest BCUT2D eigenvalue weighted by atomic mass is 10.1. The summed E-state index contributed by atoms with van der Waals surface area (Å²) in [6, 6.07) is 6.26. The van der Waals surface area contributed by atoms with Crippen molar-refractivity contribution in [1.29, 1.82) is 0 Å². The molecular formula is C13H15FN2O. The lowest BCUT2D eigenvalue weighted by Gasteiger charge is -2.12. The molecule has 17 heavy (non-hydrogen) atoms. The summed E-state index contributed by atoms with van der Waals surface area (Å²) >= 11 is 0. The van der Waals surface area contributed by atoms with Gasteiger partial charge in [0, 0.05) is 25.4 Å². The Morgan fingerprint density at radius 1 is 1.47 bits per heavy atom. The van der Waals surface area contributed by atoms with Gasteiger partial charge in [0.2, 0.25) is 0 Å². The fourth-order valence-electron chi connectivity index (χ4n) is 1.86. The summed E-state index contributed by atoms with van der Waals surface area (Å²) in [5.74, 6) is 0.338. The van der Waals surface area contributed by atoms with Gasteiger partial charge in [-0.1, -0.05) is 12.1 Å². The van der Waals surface area contributed by atoms with Crippen LogP contribution in [0.3, 0.4) is 0 Å². The molecule has 0 bridgehead atoms. The van der Waals surface area contributed by atoms with Crippen molar-refractivity contribution in [2.75, 3.05) is 0 Å². The molecule has 0 spiro atoms. The van der Waals surface area contributed by atoms with Crippen molar-refractivity contribution in [2.45, 2.75) is 26.0 Å². The van der Waals surface area contributed by atoms with Crippen LogP contribution in [-0.2, 0) is 13.0 Å². The minimum absolute atomic E-state index is 0.284. The molecule has 1 aromatic heterocycles. The van der Waals surface area contributed by atoms with E-state index >= 15 is 0 Å². The Bertz CT molecular complexity index is 496. The maximum absolute atomic E-state index is 13.0. The van der Waals surface area contributed by atoms with Gasteiger partial charge in [0.05, 0.1) is 0 Å². The molecule has 2 rings (SSSR count). The SMILES string of the molecule is CCn1ccnc1C(O)Cc1cccc(F)c1. The van der Waals surface area contributed by atoms with Crippen molar-refractivity contribution in [3.8, 4) is 0 Å². The van der Waals surface area contributed by atoms with Gasteiger partial charge in [-0.3, -0.25) is 0 Å². The van der Waals surface area contributed by atoms with Gasteiger partial charge in [0.25, 0.3) is 0 Å². The zero-order valence-electron chi connectivity index (χ0n) is 9.68. The lowest BCUT2D eigenvalue weighted by molar-refractivity contribution is 0.163. The first-order valence-corrected chi connectivity index (χ1v) is 5.64. The van der Waals surface area contributed by atoms with Crippen LogP contribution < -0.4 is 0 Å². The molecule has 0 aliphatic heterocycles. The molecule has 0 aliphatic rings. The number of aliphatic hydroxyl groups is 1. The van der Waals surface area contributed by atoms with Crippen molar-refractivity contribution >= 4 is 0 Å². The van der Waals surface area contributed by atoms with E-state index in [9.17, 15) is 9.50 Å². The molecule has 4 heteroatoms. The third-order valence-electron chi connectivity index (χ3n) is 2.70. The highest BCUT2D eigenvalue weighted by Gasteiger charge is 2.14. The maximum atomic E-state index is 13.0. The second-order valence-corrected chi connectivity index (χ2v) is 3.92. The Morgan fingerprint density at radius 3 is 3.00 bits per heavy atom. The number of aryl methyl sites for hydroxylation is 1. The van der Waals surface area contributed by atoms with E-state index in [0.29, 0.717) is 12.2 Å². The molecule has 3 nitrogen and oxygen atoms in total. The number of hydrogen-bond acceptors (Lipinski definition) is 2. The topological polar surface area (TPSA) is 38.0 Å². The van der Waals surface area contributed by atoms with Crippen LogP contribution in [0.2, 0.25) is 0 Å². The van der Waals surface area contributed by atoms with Gasteiger partial charge in [-0.15, -0.1) is 0 Å². The van der Waals surface area contributed by atoms with E-state index in [1.807, 2.05) is 17.7 Å². The largest absolute Gasteiger partial charge is 0.385 e. The summed E-state index contributed by atoms with van der Waals surface area (Å²) in [6.45, 7) is 2.75. The van der Waals surface area contributed by atoms with Crippen molar-refractivity contribution in [3.63, 3.8) is 0 Å². The fraction of sp³-hybridized carbons (Fsp3) is 0.308. The maximum Gasteiger partial charge on any atom is 0.137 e. The predicted octanol–water partition coefficient (Wildman–Crippen LogP) is 2.32. The van der Waals surface area contributed by atoms with E-state index in [2.05, 4.69) is 4.98 Å². The molecular weight excluding hydrogens is 219 g/mol. The molecule has 2 aromatic rings. The smallest absolute Gasteiger partial charge is 0.137 e. The Kier molecular flexibility index (Phi) is 3.54. The first-order valence-electron chi connectivity index (χ1n) is 5.64. The lowest BCUT2D eigenvalue weighted by Crippen LogP contribution is -2.10.